The minimum absolute atomic E-state index is 0.0738. The van der Waals surface area contributed by atoms with E-state index in [9.17, 15) is 24.3 Å². The Bertz CT molecular complexity index is 921. The molecule has 4 rings (SSSR count). The first-order valence-corrected chi connectivity index (χ1v) is 10.9. The van der Waals surface area contributed by atoms with E-state index in [2.05, 4.69) is 0 Å². The van der Waals surface area contributed by atoms with Gasteiger partial charge in [0.05, 0.1) is 0 Å². The molecule has 0 heterocycles. The van der Waals surface area contributed by atoms with Crippen molar-refractivity contribution < 1.29 is 33.4 Å². The van der Waals surface area contributed by atoms with Gasteiger partial charge in [-0.3, -0.25) is 14.4 Å². The van der Waals surface area contributed by atoms with Crippen LogP contribution in [0.15, 0.2) is 23.8 Å². The van der Waals surface area contributed by atoms with E-state index in [0.717, 1.165) is 0 Å². The average molecular weight is 432 g/mol. The zero-order valence-corrected chi connectivity index (χ0v) is 18.3. The molecule has 3 saturated carbocycles. The highest BCUT2D eigenvalue weighted by Crippen LogP contribution is 2.67. The van der Waals surface area contributed by atoms with Crippen molar-refractivity contribution in [2.24, 2.45) is 40.4 Å². The lowest BCUT2D eigenvalue weighted by Crippen LogP contribution is -2.59. The SMILES string of the molecule is CC(=O)OC1C[C@]2(C)[C@@H](C(=O)C(=O)O)C(C)C[C@H]2[C@@H]2CC(F)C3=CC(=O)C=C[C@]3(C)[C@@H]12. The van der Waals surface area contributed by atoms with Gasteiger partial charge in [0.25, 0.3) is 0 Å². The Morgan fingerprint density at radius 3 is 2.52 bits per heavy atom. The fraction of sp³-hybridized carbons (Fsp3) is 0.667. The number of halogens is 1. The number of alkyl halides is 1. The van der Waals surface area contributed by atoms with E-state index < -0.39 is 46.7 Å². The second-order valence-corrected chi connectivity index (χ2v) is 10.3. The third-order valence-electron chi connectivity index (χ3n) is 8.61. The van der Waals surface area contributed by atoms with Crippen LogP contribution in [0.5, 0.6) is 0 Å². The first kappa shape index (κ1) is 21.9. The number of allylic oxidation sites excluding steroid dienone is 4. The van der Waals surface area contributed by atoms with Gasteiger partial charge in [0, 0.05) is 24.2 Å². The number of ether oxygens (including phenoxy) is 1. The van der Waals surface area contributed by atoms with Crippen LogP contribution in [0.3, 0.4) is 0 Å². The molecular formula is C24H29FO6. The van der Waals surface area contributed by atoms with E-state index in [1.807, 2.05) is 20.8 Å². The molecule has 1 N–H and O–H groups in total. The van der Waals surface area contributed by atoms with Crippen LogP contribution < -0.4 is 0 Å². The zero-order chi connectivity index (χ0) is 22.9. The van der Waals surface area contributed by atoms with Crippen molar-refractivity contribution in [3.05, 3.63) is 23.8 Å². The van der Waals surface area contributed by atoms with Crippen molar-refractivity contribution in [3.63, 3.8) is 0 Å². The molecule has 0 saturated heterocycles. The molecule has 168 valence electrons. The van der Waals surface area contributed by atoms with E-state index in [4.69, 9.17) is 4.74 Å². The summed E-state index contributed by atoms with van der Waals surface area (Å²) in [6, 6.07) is 0. The molecule has 4 aliphatic rings. The predicted molar refractivity (Wildman–Crippen MR) is 109 cm³/mol. The summed E-state index contributed by atoms with van der Waals surface area (Å²) in [4.78, 5) is 48.2. The van der Waals surface area contributed by atoms with Crippen molar-refractivity contribution in [2.75, 3.05) is 0 Å². The molecule has 3 fully saturated rings. The average Bonchev–Trinajstić information content (AvgIpc) is 2.92. The summed E-state index contributed by atoms with van der Waals surface area (Å²) in [5, 5.41) is 9.43. The quantitative estimate of drug-likeness (QED) is 0.543. The summed E-state index contributed by atoms with van der Waals surface area (Å²) in [6.45, 7) is 7.00. The number of Topliss-reactive ketones (excluding diaryl/α,β-unsaturated/α-hetero) is 1. The van der Waals surface area contributed by atoms with Crippen LogP contribution in [-0.2, 0) is 23.9 Å². The molecule has 0 aromatic heterocycles. The van der Waals surface area contributed by atoms with Crippen LogP contribution in [-0.4, -0.2) is 40.9 Å². The van der Waals surface area contributed by atoms with Crippen LogP contribution in [0.25, 0.3) is 0 Å². The molecule has 0 bridgehead atoms. The van der Waals surface area contributed by atoms with Crippen LogP contribution in [0, 0.1) is 40.4 Å². The number of carboxylic acids is 1. The number of fused-ring (bicyclic) bond motifs is 5. The van der Waals surface area contributed by atoms with E-state index >= 15 is 4.39 Å². The largest absolute Gasteiger partial charge is 0.475 e. The van der Waals surface area contributed by atoms with E-state index in [1.54, 1.807) is 6.08 Å². The first-order valence-electron chi connectivity index (χ1n) is 10.9. The van der Waals surface area contributed by atoms with E-state index in [-0.39, 0.29) is 35.9 Å². The lowest BCUT2D eigenvalue weighted by Gasteiger charge is -2.59. The zero-order valence-electron chi connectivity index (χ0n) is 18.3. The monoisotopic (exact) mass is 432 g/mol. The van der Waals surface area contributed by atoms with Gasteiger partial charge in [0.15, 0.2) is 5.78 Å². The smallest absolute Gasteiger partial charge is 0.372 e. The van der Waals surface area contributed by atoms with Crippen molar-refractivity contribution in [2.45, 2.75) is 59.2 Å². The normalized spacial score (nSPS) is 45.8. The third-order valence-corrected chi connectivity index (χ3v) is 8.61. The number of carboxylic acid groups (broad SMARTS) is 1. The number of carbonyl (C=O) groups is 4. The highest BCUT2D eigenvalue weighted by molar-refractivity contribution is 6.33. The van der Waals surface area contributed by atoms with Gasteiger partial charge in [-0.2, -0.15) is 0 Å². The number of hydrogen-bond donors (Lipinski definition) is 1. The summed E-state index contributed by atoms with van der Waals surface area (Å²) < 4.78 is 21.2. The second-order valence-electron chi connectivity index (χ2n) is 10.3. The first-order chi connectivity index (χ1) is 14.4. The Kier molecular flexibility index (Phi) is 5.02. The summed E-state index contributed by atoms with van der Waals surface area (Å²) in [6.07, 6.45) is 3.78. The summed E-state index contributed by atoms with van der Waals surface area (Å²) >= 11 is 0. The number of ketones is 2. The number of rotatable bonds is 3. The number of aliphatic carboxylic acids is 1. The Hall–Kier alpha value is -2.31. The summed E-state index contributed by atoms with van der Waals surface area (Å²) in [5.74, 6) is -4.39. The number of carbonyl (C=O) groups excluding carboxylic acids is 3. The molecule has 0 aliphatic heterocycles. The van der Waals surface area contributed by atoms with Crippen LogP contribution in [0.1, 0.15) is 47.0 Å². The van der Waals surface area contributed by atoms with Crippen molar-refractivity contribution >= 4 is 23.5 Å². The maximum Gasteiger partial charge on any atom is 0.372 e. The molecule has 31 heavy (non-hydrogen) atoms. The van der Waals surface area contributed by atoms with Gasteiger partial charge in [-0.1, -0.05) is 26.8 Å². The van der Waals surface area contributed by atoms with Crippen LogP contribution in [0.4, 0.5) is 4.39 Å². The molecule has 0 spiro atoms. The van der Waals surface area contributed by atoms with E-state index in [1.165, 1.54) is 19.1 Å². The number of hydrogen-bond acceptors (Lipinski definition) is 5. The molecule has 0 radical (unpaired) electrons. The Morgan fingerprint density at radius 2 is 1.90 bits per heavy atom. The van der Waals surface area contributed by atoms with Gasteiger partial charge in [0.2, 0.25) is 5.78 Å². The minimum Gasteiger partial charge on any atom is -0.475 e. The fourth-order valence-electron chi connectivity index (χ4n) is 7.68. The molecule has 7 heteroatoms. The van der Waals surface area contributed by atoms with Crippen LogP contribution >= 0.6 is 0 Å². The standard InChI is InChI=1S/C24H29FO6/c1-11-7-15-14-9-17(25)16-8-13(27)5-6-23(16,3)20(14)18(31-12(2)26)10-24(15,4)19(11)21(28)22(29)30/h5-6,8,11,14-15,17-20H,7,9-10H2,1-4H3,(H,29,30)/t11?,14-,15-,17?,18?,19+,20+,23-,24-/m0/s1. The topological polar surface area (TPSA) is 97.7 Å². The Labute approximate surface area is 180 Å². The molecule has 0 amide bonds. The summed E-state index contributed by atoms with van der Waals surface area (Å²) in [7, 11) is 0. The van der Waals surface area contributed by atoms with E-state index in [0.29, 0.717) is 18.4 Å². The highest BCUT2D eigenvalue weighted by Gasteiger charge is 2.67. The maximum absolute atomic E-state index is 15.4. The molecule has 0 aromatic carbocycles. The number of esters is 1. The van der Waals surface area contributed by atoms with Crippen molar-refractivity contribution in [1.82, 2.24) is 0 Å². The van der Waals surface area contributed by atoms with Gasteiger partial charge in [-0.15, -0.1) is 0 Å². The maximum atomic E-state index is 15.4. The van der Waals surface area contributed by atoms with Gasteiger partial charge >= 0.3 is 11.9 Å². The lowest BCUT2D eigenvalue weighted by atomic mass is 9.46. The Balaban J connectivity index is 1.83. The van der Waals surface area contributed by atoms with Crippen molar-refractivity contribution in [1.29, 1.82) is 0 Å². The molecule has 3 unspecified atom stereocenters. The molecular weight excluding hydrogens is 403 g/mol. The lowest BCUT2D eigenvalue weighted by molar-refractivity contribution is -0.175. The minimum atomic E-state index is -1.46. The predicted octanol–water partition coefficient (Wildman–Crippen LogP) is 3.30. The molecule has 6 nitrogen and oxygen atoms in total. The Morgan fingerprint density at radius 1 is 1.23 bits per heavy atom. The van der Waals surface area contributed by atoms with Gasteiger partial charge < -0.3 is 9.84 Å². The third kappa shape index (κ3) is 3.11. The molecule has 4 aliphatic carbocycles. The van der Waals surface area contributed by atoms with Gasteiger partial charge in [0.1, 0.15) is 12.3 Å². The van der Waals surface area contributed by atoms with Crippen LogP contribution in [0.2, 0.25) is 0 Å². The second kappa shape index (κ2) is 7.10. The van der Waals surface area contributed by atoms with Gasteiger partial charge in [-0.25, -0.2) is 9.18 Å². The fourth-order valence-corrected chi connectivity index (χ4v) is 7.68. The van der Waals surface area contributed by atoms with Gasteiger partial charge in [-0.05, 0) is 60.2 Å². The van der Waals surface area contributed by atoms with Crippen molar-refractivity contribution in [3.8, 4) is 0 Å². The highest BCUT2D eigenvalue weighted by atomic mass is 19.1. The summed E-state index contributed by atoms with van der Waals surface area (Å²) in [5.41, 5.74) is -1.07. The molecule has 9 atom stereocenters. The molecule has 0 aromatic rings.